The topological polar surface area (TPSA) is 79.5 Å². The van der Waals surface area contributed by atoms with Crippen molar-refractivity contribution in [3.63, 3.8) is 0 Å². The Morgan fingerprint density at radius 1 is 0.920 bits per heavy atom. The highest BCUT2D eigenvalue weighted by atomic mass is 127. The molecule has 0 aliphatic heterocycles. The molecule has 5 nitrogen and oxygen atoms in total. The van der Waals surface area contributed by atoms with Crippen LogP contribution in [0.4, 0.5) is 0 Å². The number of hydrogen-bond donors (Lipinski definition) is 3. The molecule has 2 aromatic carbocycles. The van der Waals surface area contributed by atoms with Crippen LogP contribution in [-0.2, 0) is 6.42 Å². The molecule has 0 heterocycles. The lowest BCUT2D eigenvalue weighted by Crippen LogP contribution is -2.33. The smallest absolute Gasteiger partial charge is 0.251 e. The van der Waals surface area contributed by atoms with Crippen molar-refractivity contribution >= 4 is 35.8 Å². The molecule has 25 heavy (non-hydrogen) atoms. The van der Waals surface area contributed by atoms with E-state index >= 15 is 0 Å². The van der Waals surface area contributed by atoms with E-state index in [4.69, 9.17) is 5.73 Å². The number of nitrogens with two attached hydrogens (primary N) is 1. The highest BCUT2D eigenvalue weighted by Crippen LogP contribution is 1.98. The number of rotatable bonds is 8. The first-order valence-corrected chi connectivity index (χ1v) is 8.16. The van der Waals surface area contributed by atoms with Crippen LogP contribution in [0.15, 0.2) is 65.7 Å². The van der Waals surface area contributed by atoms with Crippen molar-refractivity contribution < 1.29 is 4.79 Å². The van der Waals surface area contributed by atoms with Crippen LogP contribution in [0.1, 0.15) is 22.3 Å². The van der Waals surface area contributed by atoms with Gasteiger partial charge in [-0.25, -0.2) is 0 Å². The lowest BCUT2D eigenvalue weighted by atomic mass is 10.1. The van der Waals surface area contributed by atoms with Crippen LogP contribution in [0, 0.1) is 0 Å². The SMILES string of the molecule is I.NC(=NCCCNC(=O)c1ccccc1)NCCc1ccccc1. The van der Waals surface area contributed by atoms with Gasteiger partial charge in [-0.05, 0) is 30.5 Å². The Balaban J connectivity index is 0.00000312. The Morgan fingerprint density at radius 2 is 1.56 bits per heavy atom. The summed E-state index contributed by atoms with van der Waals surface area (Å²) in [7, 11) is 0. The van der Waals surface area contributed by atoms with Crippen molar-refractivity contribution in [1.29, 1.82) is 0 Å². The minimum absolute atomic E-state index is 0. The van der Waals surface area contributed by atoms with E-state index in [9.17, 15) is 4.79 Å². The molecule has 0 atom stereocenters. The van der Waals surface area contributed by atoms with Crippen molar-refractivity contribution in [2.24, 2.45) is 10.7 Å². The number of amides is 1. The van der Waals surface area contributed by atoms with Crippen LogP contribution < -0.4 is 16.4 Å². The molecule has 2 rings (SSSR count). The van der Waals surface area contributed by atoms with Gasteiger partial charge in [0.2, 0.25) is 0 Å². The van der Waals surface area contributed by atoms with E-state index in [0.29, 0.717) is 24.6 Å². The fourth-order valence-corrected chi connectivity index (χ4v) is 2.21. The number of carbonyl (C=O) groups is 1. The highest BCUT2D eigenvalue weighted by molar-refractivity contribution is 14.0. The van der Waals surface area contributed by atoms with Crippen molar-refractivity contribution in [2.45, 2.75) is 12.8 Å². The lowest BCUT2D eigenvalue weighted by Gasteiger charge is -2.06. The Hall–Kier alpha value is -2.09. The van der Waals surface area contributed by atoms with Crippen molar-refractivity contribution in [1.82, 2.24) is 10.6 Å². The van der Waals surface area contributed by atoms with Gasteiger partial charge in [-0.15, -0.1) is 24.0 Å². The van der Waals surface area contributed by atoms with Crippen LogP contribution in [0.3, 0.4) is 0 Å². The van der Waals surface area contributed by atoms with Gasteiger partial charge in [-0.2, -0.15) is 0 Å². The second-order valence-electron chi connectivity index (χ2n) is 5.40. The zero-order valence-electron chi connectivity index (χ0n) is 14.2. The summed E-state index contributed by atoms with van der Waals surface area (Å²) in [6, 6.07) is 19.4. The third-order valence-electron chi connectivity index (χ3n) is 3.50. The zero-order chi connectivity index (χ0) is 17.0. The van der Waals surface area contributed by atoms with Crippen LogP contribution in [0.5, 0.6) is 0 Å². The molecule has 0 bridgehead atoms. The largest absolute Gasteiger partial charge is 0.370 e. The molecule has 0 saturated carbocycles. The predicted molar refractivity (Wildman–Crippen MR) is 113 cm³/mol. The minimum atomic E-state index is -0.0615. The summed E-state index contributed by atoms with van der Waals surface area (Å²) in [6.07, 6.45) is 1.66. The van der Waals surface area contributed by atoms with Gasteiger partial charge in [0.25, 0.3) is 5.91 Å². The van der Waals surface area contributed by atoms with Gasteiger partial charge < -0.3 is 16.4 Å². The molecular formula is C19H25IN4O. The number of benzene rings is 2. The number of halogens is 1. The first-order valence-electron chi connectivity index (χ1n) is 8.16. The number of nitrogens with zero attached hydrogens (tertiary/aromatic N) is 1. The fraction of sp³-hybridized carbons (Fsp3) is 0.263. The predicted octanol–water partition coefficient (Wildman–Crippen LogP) is 2.57. The summed E-state index contributed by atoms with van der Waals surface area (Å²) in [4.78, 5) is 16.1. The normalized spacial score (nSPS) is 10.6. The van der Waals surface area contributed by atoms with Gasteiger partial charge in [-0.1, -0.05) is 48.5 Å². The van der Waals surface area contributed by atoms with E-state index in [1.54, 1.807) is 12.1 Å². The van der Waals surface area contributed by atoms with Gasteiger partial charge in [0.1, 0.15) is 0 Å². The highest BCUT2D eigenvalue weighted by Gasteiger charge is 2.02. The molecule has 1 amide bonds. The summed E-state index contributed by atoms with van der Waals surface area (Å²) >= 11 is 0. The summed E-state index contributed by atoms with van der Waals surface area (Å²) in [6.45, 7) is 1.91. The van der Waals surface area contributed by atoms with E-state index in [2.05, 4.69) is 27.8 Å². The average molecular weight is 452 g/mol. The maximum atomic E-state index is 11.8. The summed E-state index contributed by atoms with van der Waals surface area (Å²) in [5.41, 5.74) is 7.76. The molecular weight excluding hydrogens is 427 g/mol. The third kappa shape index (κ3) is 8.53. The molecule has 0 fully saturated rings. The molecule has 134 valence electrons. The van der Waals surface area contributed by atoms with Crippen molar-refractivity contribution in [3.8, 4) is 0 Å². The second kappa shape index (κ2) is 12.3. The molecule has 0 aliphatic carbocycles. The van der Waals surface area contributed by atoms with Crippen molar-refractivity contribution in [3.05, 3.63) is 71.8 Å². The Morgan fingerprint density at radius 3 is 2.24 bits per heavy atom. The number of hydrogen-bond acceptors (Lipinski definition) is 2. The molecule has 4 N–H and O–H groups in total. The van der Waals surface area contributed by atoms with E-state index < -0.39 is 0 Å². The van der Waals surface area contributed by atoms with Gasteiger partial charge in [0.15, 0.2) is 5.96 Å². The molecule has 0 aliphatic rings. The standard InChI is InChI=1S/C19H24N4O.HI/c20-19(23-15-12-16-8-3-1-4-9-16)22-14-7-13-21-18(24)17-10-5-2-6-11-17;/h1-6,8-11H,7,12-15H2,(H,21,24)(H3,20,22,23);1H. The summed E-state index contributed by atoms with van der Waals surface area (Å²) in [5.74, 6) is 0.383. The monoisotopic (exact) mass is 452 g/mol. The Kier molecular flexibility index (Phi) is 10.3. The Labute approximate surface area is 166 Å². The van der Waals surface area contributed by atoms with Gasteiger partial charge in [-0.3, -0.25) is 9.79 Å². The second-order valence-corrected chi connectivity index (χ2v) is 5.40. The van der Waals surface area contributed by atoms with Crippen LogP contribution in [0.2, 0.25) is 0 Å². The lowest BCUT2D eigenvalue weighted by molar-refractivity contribution is 0.0953. The molecule has 0 radical (unpaired) electrons. The van der Waals surface area contributed by atoms with Gasteiger partial charge in [0.05, 0.1) is 0 Å². The maximum Gasteiger partial charge on any atom is 0.251 e. The molecule has 6 heteroatoms. The number of aliphatic imine (C=N–C) groups is 1. The molecule has 0 aromatic heterocycles. The van der Waals surface area contributed by atoms with E-state index in [-0.39, 0.29) is 29.9 Å². The number of guanidine groups is 1. The molecule has 0 unspecified atom stereocenters. The summed E-state index contributed by atoms with van der Waals surface area (Å²) < 4.78 is 0. The summed E-state index contributed by atoms with van der Waals surface area (Å²) in [5, 5.41) is 5.96. The van der Waals surface area contributed by atoms with Gasteiger partial charge >= 0.3 is 0 Å². The average Bonchev–Trinajstić information content (AvgIpc) is 2.63. The molecule has 0 saturated heterocycles. The van der Waals surface area contributed by atoms with E-state index in [1.165, 1.54) is 5.56 Å². The maximum absolute atomic E-state index is 11.8. The van der Waals surface area contributed by atoms with Crippen LogP contribution in [0.25, 0.3) is 0 Å². The van der Waals surface area contributed by atoms with Gasteiger partial charge in [0, 0.05) is 25.2 Å². The number of carbonyl (C=O) groups excluding carboxylic acids is 1. The zero-order valence-corrected chi connectivity index (χ0v) is 16.5. The fourth-order valence-electron chi connectivity index (χ4n) is 2.21. The first kappa shape index (κ1) is 21.0. The number of nitrogens with one attached hydrogen (secondary N) is 2. The molecule has 2 aromatic rings. The molecule has 0 spiro atoms. The van der Waals surface area contributed by atoms with Crippen LogP contribution >= 0.6 is 24.0 Å². The van der Waals surface area contributed by atoms with Crippen molar-refractivity contribution in [2.75, 3.05) is 19.6 Å². The van der Waals surface area contributed by atoms with Crippen LogP contribution in [-0.4, -0.2) is 31.5 Å². The third-order valence-corrected chi connectivity index (χ3v) is 3.50. The first-order chi connectivity index (χ1) is 11.8. The Bertz CT molecular complexity index is 647. The van der Waals surface area contributed by atoms with E-state index in [0.717, 1.165) is 19.4 Å². The van der Waals surface area contributed by atoms with E-state index in [1.807, 2.05) is 36.4 Å². The quantitative estimate of drug-likeness (QED) is 0.249. The minimum Gasteiger partial charge on any atom is -0.370 e.